The SMILES string of the molecule is CCCOc1cc(N)cc(Cl)c1. The van der Waals surface area contributed by atoms with Crippen LogP contribution in [0.5, 0.6) is 5.75 Å². The van der Waals surface area contributed by atoms with Gasteiger partial charge in [-0.1, -0.05) is 18.5 Å². The third-order valence-electron chi connectivity index (χ3n) is 1.37. The van der Waals surface area contributed by atoms with Crippen molar-refractivity contribution in [3.05, 3.63) is 23.2 Å². The van der Waals surface area contributed by atoms with Crippen molar-refractivity contribution in [1.29, 1.82) is 0 Å². The Labute approximate surface area is 77.3 Å². The van der Waals surface area contributed by atoms with E-state index in [0.29, 0.717) is 17.3 Å². The first-order valence-corrected chi connectivity index (χ1v) is 4.29. The van der Waals surface area contributed by atoms with Crippen LogP contribution in [0.4, 0.5) is 5.69 Å². The number of nitrogens with two attached hydrogens (primary N) is 1. The molecule has 0 atom stereocenters. The van der Waals surface area contributed by atoms with Crippen molar-refractivity contribution < 1.29 is 4.74 Å². The molecule has 0 unspecified atom stereocenters. The van der Waals surface area contributed by atoms with Crippen LogP contribution in [0.1, 0.15) is 13.3 Å². The van der Waals surface area contributed by atoms with Gasteiger partial charge in [0.1, 0.15) is 5.75 Å². The Morgan fingerprint density at radius 1 is 1.42 bits per heavy atom. The average Bonchev–Trinajstić information content (AvgIpc) is 1.99. The molecule has 0 amide bonds. The second kappa shape index (κ2) is 4.21. The molecule has 0 spiro atoms. The summed E-state index contributed by atoms with van der Waals surface area (Å²) in [5.74, 6) is 0.738. The molecule has 1 rings (SSSR count). The smallest absolute Gasteiger partial charge is 0.122 e. The van der Waals surface area contributed by atoms with E-state index in [-0.39, 0.29) is 0 Å². The molecule has 1 aromatic rings. The zero-order valence-corrected chi connectivity index (χ0v) is 7.77. The Morgan fingerprint density at radius 3 is 2.75 bits per heavy atom. The van der Waals surface area contributed by atoms with E-state index in [1.54, 1.807) is 18.2 Å². The summed E-state index contributed by atoms with van der Waals surface area (Å²) in [7, 11) is 0. The van der Waals surface area contributed by atoms with Crippen molar-refractivity contribution in [2.75, 3.05) is 12.3 Å². The van der Waals surface area contributed by atoms with Gasteiger partial charge in [0.2, 0.25) is 0 Å². The van der Waals surface area contributed by atoms with Gasteiger partial charge in [0.25, 0.3) is 0 Å². The number of ether oxygens (including phenoxy) is 1. The molecular formula is C9H12ClNO. The van der Waals surface area contributed by atoms with Gasteiger partial charge in [-0.2, -0.15) is 0 Å². The Kier molecular flexibility index (Phi) is 3.23. The number of benzene rings is 1. The van der Waals surface area contributed by atoms with Crippen molar-refractivity contribution in [2.45, 2.75) is 13.3 Å². The first-order chi connectivity index (χ1) is 5.72. The second-order valence-electron chi connectivity index (χ2n) is 2.57. The lowest BCUT2D eigenvalue weighted by molar-refractivity contribution is 0.317. The van der Waals surface area contributed by atoms with Crippen LogP contribution < -0.4 is 10.5 Å². The van der Waals surface area contributed by atoms with Gasteiger partial charge in [0.05, 0.1) is 6.61 Å². The Hall–Kier alpha value is -0.890. The van der Waals surface area contributed by atoms with Crippen molar-refractivity contribution in [3.8, 4) is 5.75 Å². The molecule has 0 saturated heterocycles. The quantitative estimate of drug-likeness (QED) is 0.735. The summed E-state index contributed by atoms with van der Waals surface area (Å²) in [6.45, 7) is 2.74. The van der Waals surface area contributed by atoms with Gasteiger partial charge in [-0.15, -0.1) is 0 Å². The normalized spacial score (nSPS) is 9.83. The molecule has 12 heavy (non-hydrogen) atoms. The highest BCUT2D eigenvalue weighted by Crippen LogP contribution is 2.22. The third kappa shape index (κ3) is 2.62. The summed E-state index contributed by atoms with van der Waals surface area (Å²) in [5.41, 5.74) is 6.20. The number of rotatable bonds is 3. The molecule has 2 nitrogen and oxygen atoms in total. The highest BCUT2D eigenvalue weighted by molar-refractivity contribution is 6.31. The van der Waals surface area contributed by atoms with Gasteiger partial charge >= 0.3 is 0 Å². The Bertz CT molecular complexity index is 242. The largest absolute Gasteiger partial charge is 0.493 e. The minimum atomic E-state index is 0.612. The van der Waals surface area contributed by atoms with Crippen LogP contribution in [0.2, 0.25) is 5.02 Å². The van der Waals surface area contributed by atoms with Crippen LogP contribution in [0.25, 0.3) is 0 Å². The number of hydrogen-bond acceptors (Lipinski definition) is 2. The minimum absolute atomic E-state index is 0.612. The molecule has 0 aliphatic heterocycles. The predicted octanol–water partition coefficient (Wildman–Crippen LogP) is 2.71. The number of hydrogen-bond donors (Lipinski definition) is 1. The van der Waals surface area contributed by atoms with E-state index in [4.69, 9.17) is 22.1 Å². The van der Waals surface area contributed by atoms with Gasteiger partial charge in [0, 0.05) is 16.8 Å². The van der Waals surface area contributed by atoms with Crippen molar-refractivity contribution in [2.24, 2.45) is 0 Å². The van der Waals surface area contributed by atoms with Crippen molar-refractivity contribution in [1.82, 2.24) is 0 Å². The fraction of sp³-hybridized carbons (Fsp3) is 0.333. The van der Waals surface area contributed by atoms with Crippen molar-refractivity contribution in [3.63, 3.8) is 0 Å². The number of anilines is 1. The standard InChI is InChI=1S/C9H12ClNO/c1-2-3-12-9-5-7(10)4-8(11)6-9/h4-6H,2-3,11H2,1H3. The summed E-state index contributed by atoms with van der Waals surface area (Å²) in [5, 5.41) is 0.612. The fourth-order valence-electron chi connectivity index (χ4n) is 0.888. The number of nitrogen functional groups attached to an aromatic ring is 1. The molecule has 66 valence electrons. The van der Waals surface area contributed by atoms with E-state index >= 15 is 0 Å². The minimum Gasteiger partial charge on any atom is -0.493 e. The van der Waals surface area contributed by atoms with Crippen LogP contribution >= 0.6 is 11.6 Å². The van der Waals surface area contributed by atoms with Crippen LogP contribution in [0, 0.1) is 0 Å². The number of halogens is 1. The summed E-state index contributed by atoms with van der Waals surface area (Å²) in [4.78, 5) is 0. The van der Waals surface area contributed by atoms with Gasteiger partial charge in [-0.3, -0.25) is 0 Å². The van der Waals surface area contributed by atoms with Gasteiger partial charge in [0.15, 0.2) is 0 Å². The maximum atomic E-state index is 5.77. The molecular weight excluding hydrogens is 174 g/mol. The Morgan fingerprint density at radius 2 is 2.17 bits per heavy atom. The zero-order chi connectivity index (χ0) is 8.97. The van der Waals surface area contributed by atoms with Crippen LogP contribution in [-0.4, -0.2) is 6.61 Å². The monoisotopic (exact) mass is 185 g/mol. The highest BCUT2D eigenvalue weighted by Gasteiger charge is 1.96. The van der Waals surface area contributed by atoms with Crippen LogP contribution in [0.15, 0.2) is 18.2 Å². The molecule has 0 fully saturated rings. The van der Waals surface area contributed by atoms with Gasteiger partial charge in [-0.05, 0) is 18.6 Å². The lowest BCUT2D eigenvalue weighted by atomic mass is 10.3. The van der Waals surface area contributed by atoms with Crippen LogP contribution in [0.3, 0.4) is 0 Å². The van der Waals surface area contributed by atoms with E-state index in [2.05, 4.69) is 0 Å². The lowest BCUT2D eigenvalue weighted by Gasteiger charge is -2.05. The molecule has 0 saturated carbocycles. The molecule has 0 aliphatic rings. The van der Waals surface area contributed by atoms with E-state index in [0.717, 1.165) is 12.2 Å². The first kappa shape index (κ1) is 9.20. The molecule has 2 N–H and O–H groups in total. The van der Waals surface area contributed by atoms with E-state index < -0.39 is 0 Å². The fourth-order valence-corrected chi connectivity index (χ4v) is 1.12. The first-order valence-electron chi connectivity index (χ1n) is 3.91. The molecule has 0 heterocycles. The second-order valence-corrected chi connectivity index (χ2v) is 3.01. The van der Waals surface area contributed by atoms with Crippen molar-refractivity contribution >= 4 is 17.3 Å². The zero-order valence-electron chi connectivity index (χ0n) is 7.01. The predicted molar refractivity (Wildman–Crippen MR) is 51.7 cm³/mol. The summed E-state index contributed by atoms with van der Waals surface area (Å²) in [6, 6.07) is 5.22. The molecule has 1 aromatic carbocycles. The maximum Gasteiger partial charge on any atom is 0.122 e. The molecule has 3 heteroatoms. The summed E-state index contributed by atoms with van der Waals surface area (Å²) < 4.78 is 5.35. The highest BCUT2D eigenvalue weighted by atomic mass is 35.5. The molecule has 0 bridgehead atoms. The van der Waals surface area contributed by atoms with Gasteiger partial charge in [-0.25, -0.2) is 0 Å². The Balaban J connectivity index is 2.72. The average molecular weight is 186 g/mol. The lowest BCUT2D eigenvalue weighted by Crippen LogP contribution is -1.95. The molecule has 0 aromatic heterocycles. The molecule has 0 radical (unpaired) electrons. The summed E-state index contributed by atoms with van der Waals surface area (Å²) in [6.07, 6.45) is 0.979. The van der Waals surface area contributed by atoms with E-state index in [9.17, 15) is 0 Å². The van der Waals surface area contributed by atoms with E-state index in [1.807, 2.05) is 6.92 Å². The summed E-state index contributed by atoms with van der Waals surface area (Å²) >= 11 is 5.77. The third-order valence-corrected chi connectivity index (χ3v) is 1.58. The van der Waals surface area contributed by atoms with Gasteiger partial charge < -0.3 is 10.5 Å². The molecule has 0 aliphatic carbocycles. The van der Waals surface area contributed by atoms with Crippen LogP contribution in [-0.2, 0) is 0 Å². The maximum absolute atomic E-state index is 5.77. The topological polar surface area (TPSA) is 35.2 Å². The van der Waals surface area contributed by atoms with E-state index in [1.165, 1.54) is 0 Å².